The highest BCUT2D eigenvalue weighted by atomic mass is 16.5. The highest BCUT2D eigenvalue weighted by Crippen LogP contribution is 2.20. The van der Waals surface area contributed by atoms with Crippen LogP contribution in [-0.2, 0) is 6.54 Å². The summed E-state index contributed by atoms with van der Waals surface area (Å²) in [4.78, 5) is 7.20. The first-order chi connectivity index (χ1) is 13.2. The van der Waals surface area contributed by atoms with Gasteiger partial charge in [0.1, 0.15) is 5.75 Å². The van der Waals surface area contributed by atoms with E-state index in [0.29, 0.717) is 12.6 Å². The first-order valence-electron chi connectivity index (χ1n) is 9.68. The minimum absolute atomic E-state index is 0.403. The number of aliphatic imine (C=N–C) groups is 1. The molecule has 0 aromatic heterocycles. The number of hydrogen-bond acceptors (Lipinski definition) is 3. The third-order valence-corrected chi connectivity index (χ3v) is 4.87. The van der Waals surface area contributed by atoms with Gasteiger partial charge in [0.25, 0.3) is 0 Å². The maximum Gasteiger partial charge on any atom is 0.191 e. The van der Waals surface area contributed by atoms with Gasteiger partial charge in [-0.05, 0) is 49.6 Å². The topological polar surface area (TPSA) is 48.9 Å². The molecule has 1 saturated heterocycles. The van der Waals surface area contributed by atoms with Crippen LogP contribution in [0.4, 0.5) is 5.69 Å². The van der Waals surface area contributed by atoms with Gasteiger partial charge in [0.2, 0.25) is 0 Å². The van der Waals surface area contributed by atoms with E-state index in [4.69, 9.17) is 9.73 Å². The standard InChI is InChI=1S/C22H30N4O/c1-4-23-22(24-15-18-10-11-21(27-3)17(2)14-18)25-19-12-13-26(16-19)20-8-6-5-7-9-20/h5-11,14,19H,4,12-13,15-16H2,1-3H3,(H2,23,24,25). The second-order valence-corrected chi connectivity index (χ2v) is 6.91. The third-order valence-electron chi connectivity index (χ3n) is 4.87. The van der Waals surface area contributed by atoms with E-state index < -0.39 is 0 Å². The molecule has 3 rings (SSSR count). The van der Waals surface area contributed by atoms with E-state index in [0.717, 1.165) is 43.3 Å². The number of nitrogens with zero attached hydrogens (tertiary/aromatic N) is 2. The number of rotatable bonds is 6. The predicted molar refractivity (Wildman–Crippen MR) is 113 cm³/mol. The molecule has 144 valence electrons. The summed E-state index contributed by atoms with van der Waals surface area (Å²) in [6.45, 7) is 7.72. The lowest BCUT2D eigenvalue weighted by Gasteiger charge is -2.20. The summed E-state index contributed by atoms with van der Waals surface area (Å²) in [5.74, 6) is 1.80. The summed E-state index contributed by atoms with van der Waals surface area (Å²) >= 11 is 0. The SMILES string of the molecule is CCNC(=NCc1ccc(OC)c(C)c1)NC1CCN(c2ccccc2)C1. The van der Waals surface area contributed by atoms with Gasteiger partial charge in [-0.25, -0.2) is 4.99 Å². The molecule has 0 spiro atoms. The molecule has 1 fully saturated rings. The maximum absolute atomic E-state index is 5.33. The van der Waals surface area contributed by atoms with Gasteiger partial charge in [-0.1, -0.05) is 30.3 Å². The average molecular weight is 367 g/mol. The number of guanidine groups is 1. The van der Waals surface area contributed by atoms with Crippen molar-refractivity contribution in [3.63, 3.8) is 0 Å². The molecule has 1 aliphatic heterocycles. The van der Waals surface area contributed by atoms with Crippen LogP contribution in [0.2, 0.25) is 0 Å². The Morgan fingerprint density at radius 1 is 1.22 bits per heavy atom. The number of hydrogen-bond donors (Lipinski definition) is 2. The van der Waals surface area contributed by atoms with Crippen LogP contribution < -0.4 is 20.3 Å². The van der Waals surface area contributed by atoms with Crippen LogP contribution in [0.3, 0.4) is 0 Å². The van der Waals surface area contributed by atoms with Gasteiger partial charge in [0.15, 0.2) is 5.96 Å². The molecule has 0 amide bonds. The lowest BCUT2D eigenvalue weighted by Crippen LogP contribution is -2.44. The molecule has 0 aliphatic carbocycles. The second kappa shape index (κ2) is 9.31. The van der Waals surface area contributed by atoms with Gasteiger partial charge >= 0.3 is 0 Å². The third kappa shape index (κ3) is 5.16. The van der Waals surface area contributed by atoms with E-state index in [2.05, 4.69) is 71.8 Å². The van der Waals surface area contributed by atoms with Crippen molar-refractivity contribution in [2.24, 2.45) is 4.99 Å². The van der Waals surface area contributed by atoms with Crippen LogP contribution in [0.5, 0.6) is 5.75 Å². The summed E-state index contributed by atoms with van der Waals surface area (Å²) in [5, 5.41) is 6.96. The lowest BCUT2D eigenvalue weighted by atomic mass is 10.1. The Labute approximate surface area is 162 Å². The average Bonchev–Trinajstić information content (AvgIpc) is 3.16. The van der Waals surface area contributed by atoms with Crippen molar-refractivity contribution in [1.29, 1.82) is 0 Å². The number of methoxy groups -OCH3 is 1. The van der Waals surface area contributed by atoms with Crippen LogP contribution in [0.1, 0.15) is 24.5 Å². The number of para-hydroxylation sites is 1. The zero-order chi connectivity index (χ0) is 19.1. The predicted octanol–water partition coefficient (Wildman–Crippen LogP) is 3.34. The van der Waals surface area contributed by atoms with Crippen LogP contribution in [0.15, 0.2) is 53.5 Å². The molecule has 1 atom stereocenters. The number of benzene rings is 2. The van der Waals surface area contributed by atoms with Crippen LogP contribution >= 0.6 is 0 Å². The van der Waals surface area contributed by atoms with Crippen molar-refractivity contribution < 1.29 is 4.74 Å². The summed E-state index contributed by atoms with van der Waals surface area (Å²) in [6, 6.07) is 17.2. The first-order valence-corrected chi connectivity index (χ1v) is 9.68. The van der Waals surface area contributed by atoms with E-state index in [-0.39, 0.29) is 0 Å². The Balaban J connectivity index is 1.60. The largest absolute Gasteiger partial charge is 0.496 e. The zero-order valence-corrected chi connectivity index (χ0v) is 16.5. The van der Waals surface area contributed by atoms with Gasteiger partial charge in [0.05, 0.1) is 13.7 Å². The van der Waals surface area contributed by atoms with E-state index in [1.807, 2.05) is 6.07 Å². The van der Waals surface area contributed by atoms with Gasteiger partial charge < -0.3 is 20.3 Å². The van der Waals surface area contributed by atoms with E-state index in [1.165, 1.54) is 11.3 Å². The Kier molecular flexibility index (Phi) is 6.58. The molecule has 1 heterocycles. The van der Waals surface area contributed by atoms with Crippen molar-refractivity contribution in [3.8, 4) is 5.75 Å². The number of anilines is 1. The van der Waals surface area contributed by atoms with Crippen LogP contribution in [-0.4, -0.2) is 38.7 Å². The van der Waals surface area contributed by atoms with Gasteiger partial charge in [-0.2, -0.15) is 0 Å². The summed E-state index contributed by atoms with van der Waals surface area (Å²) in [5.41, 5.74) is 3.61. The minimum atomic E-state index is 0.403. The monoisotopic (exact) mass is 366 g/mol. The summed E-state index contributed by atoms with van der Waals surface area (Å²) < 4.78 is 5.33. The summed E-state index contributed by atoms with van der Waals surface area (Å²) in [7, 11) is 1.70. The van der Waals surface area contributed by atoms with E-state index in [1.54, 1.807) is 7.11 Å². The Hall–Kier alpha value is -2.69. The fourth-order valence-electron chi connectivity index (χ4n) is 3.47. The lowest BCUT2D eigenvalue weighted by molar-refractivity contribution is 0.411. The quantitative estimate of drug-likeness (QED) is 0.608. The fourth-order valence-corrected chi connectivity index (χ4v) is 3.47. The molecular weight excluding hydrogens is 336 g/mol. The molecular formula is C22H30N4O. The smallest absolute Gasteiger partial charge is 0.191 e. The van der Waals surface area contributed by atoms with Gasteiger partial charge in [-0.3, -0.25) is 0 Å². The molecule has 1 unspecified atom stereocenters. The van der Waals surface area contributed by atoms with E-state index in [9.17, 15) is 0 Å². The molecule has 5 nitrogen and oxygen atoms in total. The Morgan fingerprint density at radius 3 is 2.74 bits per heavy atom. The van der Waals surface area contributed by atoms with Crippen LogP contribution in [0, 0.1) is 6.92 Å². The molecule has 2 aromatic rings. The van der Waals surface area contributed by atoms with Crippen molar-refractivity contribution in [2.75, 3.05) is 31.6 Å². The maximum atomic E-state index is 5.33. The van der Waals surface area contributed by atoms with Crippen molar-refractivity contribution >= 4 is 11.6 Å². The molecule has 0 radical (unpaired) electrons. The van der Waals surface area contributed by atoms with Crippen molar-refractivity contribution in [3.05, 3.63) is 59.7 Å². The van der Waals surface area contributed by atoms with Crippen LogP contribution in [0.25, 0.3) is 0 Å². The fraction of sp³-hybridized carbons (Fsp3) is 0.409. The van der Waals surface area contributed by atoms with Gasteiger partial charge in [0, 0.05) is 31.4 Å². The molecule has 0 saturated carbocycles. The Bertz CT molecular complexity index is 760. The van der Waals surface area contributed by atoms with Crippen molar-refractivity contribution in [1.82, 2.24) is 10.6 Å². The number of ether oxygens (including phenoxy) is 1. The number of nitrogens with one attached hydrogen (secondary N) is 2. The van der Waals surface area contributed by atoms with E-state index >= 15 is 0 Å². The number of aryl methyl sites for hydroxylation is 1. The van der Waals surface area contributed by atoms with Gasteiger partial charge in [-0.15, -0.1) is 0 Å². The molecule has 27 heavy (non-hydrogen) atoms. The molecule has 1 aliphatic rings. The highest BCUT2D eigenvalue weighted by Gasteiger charge is 2.23. The zero-order valence-electron chi connectivity index (χ0n) is 16.5. The summed E-state index contributed by atoms with van der Waals surface area (Å²) in [6.07, 6.45) is 1.11. The Morgan fingerprint density at radius 2 is 2.04 bits per heavy atom. The minimum Gasteiger partial charge on any atom is -0.496 e. The molecule has 2 aromatic carbocycles. The highest BCUT2D eigenvalue weighted by molar-refractivity contribution is 5.80. The first kappa shape index (κ1) is 19.1. The second-order valence-electron chi connectivity index (χ2n) is 6.91. The molecule has 5 heteroatoms. The normalized spacial score (nSPS) is 17.1. The molecule has 0 bridgehead atoms. The van der Waals surface area contributed by atoms with Crippen molar-refractivity contribution in [2.45, 2.75) is 32.9 Å². The molecule has 2 N–H and O–H groups in total.